The number of halogens is 6. The molecule has 0 heterocycles. The molecule has 0 saturated carbocycles. The molecule has 3 rings (SSSR count). The molecule has 0 radical (unpaired) electrons. The van der Waals surface area contributed by atoms with Crippen LogP contribution in [-0.4, -0.2) is 5.11 Å². The summed E-state index contributed by atoms with van der Waals surface area (Å²) >= 11 is 0. The minimum absolute atomic E-state index is 0.0359. The number of hydrogen-bond acceptors (Lipinski definition) is 2. The predicted octanol–water partition coefficient (Wildman–Crippen LogP) is 8.43. The molecule has 0 bridgehead atoms. The lowest BCUT2D eigenvalue weighted by Crippen LogP contribution is -2.25. The third-order valence-electron chi connectivity index (χ3n) is 5.80. The van der Waals surface area contributed by atoms with Crippen molar-refractivity contribution in [1.82, 2.24) is 0 Å². The van der Waals surface area contributed by atoms with E-state index in [4.69, 9.17) is 0 Å². The van der Waals surface area contributed by atoms with Gasteiger partial charge in [0.2, 0.25) is 0 Å². The first-order valence-corrected chi connectivity index (χ1v) is 11.4. The van der Waals surface area contributed by atoms with Crippen molar-refractivity contribution in [3.05, 3.63) is 82.4 Å². The summed E-state index contributed by atoms with van der Waals surface area (Å²) in [5, 5.41) is 10.1. The van der Waals surface area contributed by atoms with Gasteiger partial charge in [-0.15, -0.1) is 0 Å². The van der Waals surface area contributed by atoms with Gasteiger partial charge in [-0.05, 0) is 42.5 Å². The molecular weight excluding hydrogens is 470 g/mol. The Hall–Kier alpha value is -3.16. The molecule has 0 aliphatic heterocycles. The summed E-state index contributed by atoms with van der Waals surface area (Å²) in [4.78, 5) is 0. The molecule has 0 saturated heterocycles. The van der Waals surface area contributed by atoms with Gasteiger partial charge in [-0.2, -0.15) is 8.78 Å². The maximum atomic E-state index is 15.2. The largest absolute Gasteiger partial charge is 0.507 e. The third kappa shape index (κ3) is 5.74. The third-order valence-corrected chi connectivity index (χ3v) is 5.80. The molecule has 188 valence electrons. The Morgan fingerprint density at radius 3 is 2.14 bits per heavy atom. The van der Waals surface area contributed by atoms with Gasteiger partial charge >= 0.3 is 6.11 Å². The van der Waals surface area contributed by atoms with E-state index in [2.05, 4.69) is 4.74 Å². The van der Waals surface area contributed by atoms with Crippen LogP contribution in [0.15, 0.2) is 42.5 Å². The van der Waals surface area contributed by atoms with Crippen LogP contribution in [0, 0.1) is 23.3 Å². The van der Waals surface area contributed by atoms with E-state index < -0.39 is 51.8 Å². The van der Waals surface area contributed by atoms with Crippen molar-refractivity contribution in [2.45, 2.75) is 58.5 Å². The summed E-state index contributed by atoms with van der Waals surface area (Å²) in [6, 6.07) is 7.88. The summed E-state index contributed by atoms with van der Waals surface area (Å²) in [7, 11) is 0. The number of unbranched alkanes of at least 4 members (excludes halogenated alkanes) is 3. The maximum absolute atomic E-state index is 15.2. The maximum Gasteiger partial charge on any atom is 0.432 e. The fraction of sp³-hybridized carbons (Fsp3) is 0.333. The highest BCUT2D eigenvalue weighted by atomic mass is 19.3. The Bertz CT molecular complexity index is 1180. The first kappa shape index (κ1) is 26.4. The van der Waals surface area contributed by atoms with E-state index >= 15 is 4.39 Å². The molecule has 3 aromatic carbocycles. The smallest absolute Gasteiger partial charge is 0.432 e. The molecule has 0 atom stereocenters. The SMILES string of the molecule is CCCCCCc1ccc(-c2c(O)cc(F)c(C(F)(F)Oc3ccc(CC)cc3)c2F)c(F)c1F. The molecule has 8 heteroatoms. The summed E-state index contributed by atoms with van der Waals surface area (Å²) in [6.45, 7) is 3.86. The van der Waals surface area contributed by atoms with E-state index in [1.165, 1.54) is 30.3 Å². The molecule has 1 N–H and O–H groups in total. The monoisotopic (exact) mass is 496 g/mol. The first-order valence-electron chi connectivity index (χ1n) is 11.4. The molecule has 3 aromatic rings. The van der Waals surface area contributed by atoms with Gasteiger partial charge in [0.1, 0.15) is 22.9 Å². The quantitative estimate of drug-likeness (QED) is 0.225. The highest BCUT2D eigenvalue weighted by Gasteiger charge is 2.43. The molecule has 0 aromatic heterocycles. The van der Waals surface area contributed by atoms with Crippen LogP contribution in [0.5, 0.6) is 11.5 Å². The van der Waals surface area contributed by atoms with Crippen molar-refractivity contribution in [3.63, 3.8) is 0 Å². The van der Waals surface area contributed by atoms with Gasteiger partial charge in [0.05, 0.1) is 5.56 Å². The molecule has 0 amide bonds. The van der Waals surface area contributed by atoms with E-state index in [0.29, 0.717) is 12.8 Å². The normalized spacial score (nSPS) is 11.7. The lowest BCUT2D eigenvalue weighted by Gasteiger charge is -2.21. The first-order chi connectivity index (χ1) is 16.6. The second-order valence-electron chi connectivity index (χ2n) is 8.27. The standard InChI is InChI=1S/C27H26F6O2/c1-3-5-6-7-8-17-11-14-19(25(30)24(17)29)22-21(34)15-20(28)23(26(22)31)27(32,33)35-18-12-9-16(4-2)10-13-18/h9-15,34H,3-8H2,1-2H3. The molecular formula is C27H26F6O2. The van der Waals surface area contributed by atoms with Crippen molar-refractivity contribution in [1.29, 1.82) is 0 Å². The van der Waals surface area contributed by atoms with Gasteiger partial charge in [-0.1, -0.05) is 57.4 Å². The number of aromatic hydroxyl groups is 1. The molecule has 0 aliphatic rings. The van der Waals surface area contributed by atoms with E-state index in [1.807, 2.05) is 13.8 Å². The minimum Gasteiger partial charge on any atom is -0.507 e. The van der Waals surface area contributed by atoms with E-state index in [9.17, 15) is 27.1 Å². The number of aryl methyl sites for hydroxylation is 2. The van der Waals surface area contributed by atoms with Crippen LogP contribution in [0.4, 0.5) is 26.3 Å². The summed E-state index contributed by atoms with van der Waals surface area (Å²) in [5.74, 6) is -8.06. The van der Waals surface area contributed by atoms with Gasteiger partial charge in [0.25, 0.3) is 0 Å². The topological polar surface area (TPSA) is 29.5 Å². The highest BCUT2D eigenvalue weighted by Crippen LogP contribution is 2.43. The Morgan fingerprint density at radius 2 is 1.51 bits per heavy atom. The number of rotatable bonds is 10. The zero-order valence-electron chi connectivity index (χ0n) is 19.4. The lowest BCUT2D eigenvalue weighted by molar-refractivity contribution is -0.189. The molecule has 2 nitrogen and oxygen atoms in total. The summed E-state index contributed by atoms with van der Waals surface area (Å²) in [6.07, 6.45) is -0.342. The van der Waals surface area contributed by atoms with Crippen molar-refractivity contribution in [2.24, 2.45) is 0 Å². The Labute approximate surface area is 200 Å². The second-order valence-corrected chi connectivity index (χ2v) is 8.27. The van der Waals surface area contributed by atoms with Crippen molar-refractivity contribution < 1.29 is 36.2 Å². The fourth-order valence-electron chi connectivity index (χ4n) is 3.84. The van der Waals surface area contributed by atoms with Crippen LogP contribution in [0.25, 0.3) is 11.1 Å². The van der Waals surface area contributed by atoms with E-state index in [0.717, 1.165) is 30.9 Å². The van der Waals surface area contributed by atoms with Crippen LogP contribution in [0.2, 0.25) is 0 Å². The van der Waals surface area contributed by atoms with Crippen LogP contribution in [-0.2, 0) is 19.0 Å². The predicted molar refractivity (Wildman–Crippen MR) is 122 cm³/mol. The molecule has 0 unspecified atom stereocenters. The number of phenolic OH excluding ortho intramolecular Hbond substituents is 1. The number of benzene rings is 3. The van der Waals surface area contributed by atoms with E-state index in [1.54, 1.807) is 0 Å². The molecule has 0 fully saturated rings. The van der Waals surface area contributed by atoms with Gasteiger partial charge in [-0.25, -0.2) is 17.6 Å². The van der Waals surface area contributed by atoms with E-state index in [-0.39, 0.29) is 23.8 Å². The summed E-state index contributed by atoms with van der Waals surface area (Å²) < 4.78 is 93.5. The molecule has 0 spiro atoms. The average Bonchev–Trinajstić information content (AvgIpc) is 2.80. The van der Waals surface area contributed by atoms with Crippen molar-refractivity contribution in [3.8, 4) is 22.6 Å². The zero-order chi connectivity index (χ0) is 25.8. The minimum atomic E-state index is -4.52. The van der Waals surface area contributed by atoms with Crippen molar-refractivity contribution >= 4 is 0 Å². The number of alkyl halides is 2. The Kier molecular flexibility index (Phi) is 8.35. The highest BCUT2D eigenvalue weighted by molar-refractivity contribution is 5.73. The molecule has 0 aliphatic carbocycles. The van der Waals surface area contributed by atoms with Gasteiger partial charge in [0, 0.05) is 11.6 Å². The summed E-state index contributed by atoms with van der Waals surface area (Å²) in [5.41, 5.74) is -2.85. The Morgan fingerprint density at radius 1 is 0.829 bits per heavy atom. The van der Waals surface area contributed by atoms with Crippen LogP contribution in [0.3, 0.4) is 0 Å². The molecule has 35 heavy (non-hydrogen) atoms. The van der Waals surface area contributed by atoms with Crippen LogP contribution in [0.1, 0.15) is 56.2 Å². The number of ether oxygens (including phenoxy) is 1. The number of phenols is 1. The second kappa shape index (κ2) is 11.1. The zero-order valence-corrected chi connectivity index (χ0v) is 19.4. The van der Waals surface area contributed by atoms with Gasteiger partial charge < -0.3 is 9.84 Å². The van der Waals surface area contributed by atoms with Crippen LogP contribution >= 0.6 is 0 Å². The van der Waals surface area contributed by atoms with Crippen LogP contribution < -0.4 is 4.74 Å². The lowest BCUT2D eigenvalue weighted by atomic mass is 9.96. The van der Waals surface area contributed by atoms with Crippen molar-refractivity contribution in [2.75, 3.05) is 0 Å². The fourth-order valence-corrected chi connectivity index (χ4v) is 3.84. The van der Waals surface area contributed by atoms with Gasteiger partial charge in [0.15, 0.2) is 17.5 Å². The number of hydrogen-bond donors (Lipinski definition) is 1. The van der Waals surface area contributed by atoms with Gasteiger partial charge in [-0.3, -0.25) is 0 Å². The average molecular weight is 496 g/mol. The Balaban J connectivity index is 2.01.